The van der Waals surface area contributed by atoms with Gasteiger partial charge in [0.2, 0.25) is 5.91 Å². The molecular weight excluding hydrogens is 236 g/mol. The Morgan fingerprint density at radius 3 is 2.18 bits per heavy atom. The molecule has 17 heavy (non-hydrogen) atoms. The zero-order chi connectivity index (χ0) is 12.3. The fourth-order valence-corrected chi connectivity index (χ4v) is 2.61. The first kappa shape index (κ1) is 16.7. The highest BCUT2D eigenvalue weighted by Gasteiger charge is 2.41. The lowest BCUT2D eigenvalue weighted by Crippen LogP contribution is -2.49. The van der Waals surface area contributed by atoms with Gasteiger partial charge in [0.1, 0.15) is 0 Å². The first-order valence-electron chi connectivity index (χ1n) is 6.53. The van der Waals surface area contributed by atoms with Crippen molar-refractivity contribution in [1.82, 2.24) is 4.90 Å². The van der Waals surface area contributed by atoms with Gasteiger partial charge < -0.3 is 10.6 Å². The van der Waals surface area contributed by atoms with Crippen LogP contribution in [0.4, 0.5) is 0 Å². The molecule has 1 saturated heterocycles. The summed E-state index contributed by atoms with van der Waals surface area (Å²) in [5.41, 5.74) is 5.51. The van der Waals surface area contributed by atoms with Gasteiger partial charge in [-0.3, -0.25) is 4.79 Å². The van der Waals surface area contributed by atoms with E-state index >= 15 is 0 Å². The third-order valence-electron chi connectivity index (χ3n) is 4.60. The highest BCUT2D eigenvalue weighted by Crippen LogP contribution is 2.33. The van der Waals surface area contributed by atoms with E-state index in [1.165, 1.54) is 0 Å². The number of amides is 1. The average Bonchev–Trinajstić information content (AvgIpc) is 2.63. The van der Waals surface area contributed by atoms with E-state index in [1.54, 1.807) is 0 Å². The molecule has 102 valence electrons. The van der Waals surface area contributed by atoms with Gasteiger partial charge in [-0.1, -0.05) is 20.8 Å². The second kappa shape index (κ2) is 6.60. The summed E-state index contributed by atoms with van der Waals surface area (Å²) in [6, 6.07) is 0.372. The van der Waals surface area contributed by atoms with Crippen molar-refractivity contribution in [2.45, 2.75) is 53.0 Å². The van der Waals surface area contributed by atoms with Crippen LogP contribution in [0.2, 0.25) is 0 Å². The lowest BCUT2D eigenvalue weighted by molar-refractivity contribution is -0.143. The van der Waals surface area contributed by atoms with E-state index in [0.717, 1.165) is 25.8 Å². The normalized spacial score (nSPS) is 24.6. The molecule has 1 heterocycles. The number of carbonyl (C=O) groups is 1. The van der Waals surface area contributed by atoms with E-state index in [4.69, 9.17) is 5.73 Å². The predicted molar refractivity (Wildman–Crippen MR) is 74.3 cm³/mol. The van der Waals surface area contributed by atoms with Crippen molar-refractivity contribution < 1.29 is 4.79 Å². The zero-order valence-corrected chi connectivity index (χ0v) is 12.3. The minimum atomic E-state index is -0.321. The van der Waals surface area contributed by atoms with Crippen LogP contribution in [0.15, 0.2) is 0 Å². The van der Waals surface area contributed by atoms with Crippen molar-refractivity contribution >= 4 is 18.3 Å². The van der Waals surface area contributed by atoms with Gasteiger partial charge in [0.05, 0.1) is 5.41 Å². The number of carbonyl (C=O) groups excluding carboxylic acids is 1. The summed E-state index contributed by atoms with van der Waals surface area (Å²) < 4.78 is 0. The van der Waals surface area contributed by atoms with Crippen LogP contribution in [0.3, 0.4) is 0 Å². The molecular formula is C13H27ClN2O. The Kier molecular flexibility index (Phi) is 6.49. The lowest BCUT2D eigenvalue weighted by atomic mass is 9.80. The fraction of sp³-hybridized carbons (Fsp3) is 0.923. The monoisotopic (exact) mass is 262 g/mol. The van der Waals surface area contributed by atoms with E-state index in [1.807, 2.05) is 4.90 Å². The molecule has 0 aromatic heterocycles. The second-order valence-corrected chi connectivity index (χ2v) is 5.20. The number of hydrogen-bond donors (Lipinski definition) is 1. The summed E-state index contributed by atoms with van der Waals surface area (Å²) in [4.78, 5) is 14.6. The molecule has 0 radical (unpaired) electrons. The third kappa shape index (κ3) is 2.94. The summed E-state index contributed by atoms with van der Waals surface area (Å²) in [7, 11) is 0. The van der Waals surface area contributed by atoms with E-state index in [-0.39, 0.29) is 23.7 Å². The molecule has 1 amide bonds. The van der Waals surface area contributed by atoms with Crippen LogP contribution in [0.5, 0.6) is 0 Å². The van der Waals surface area contributed by atoms with E-state index in [2.05, 4.69) is 27.7 Å². The van der Waals surface area contributed by atoms with Gasteiger partial charge in [0.15, 0.2) is 0 Å². The van der Waals surface area contributed by atoms with Crippen molar-refractivity contribution in [3.8, 4) is 0 Å². The van der Waals surface area contributed by atoms with Crippen LogP contribution in [-0.2, 0) is 4.79 Å². The molecule has 1 rings (SSSR count). The molecule has 0 saturated carbocycles. The molecule has 1 aliphatic heterocycles. The van der Waals surface area contributed by atoms with Crippen molar-refractivity contribution in [2.24, 2.45) is 17.1 Å². The molecule has 4 heteroatoms. The maximum atomic E-state index is 12.6. The Bertz CT molecular complexity index is 246. The van der Waals surface area contributed by atoms with Gasteiger partial charge in [-0.15, -0.1) is 12.4 Å². The largest absolute Gasteiger partial charge is 0.339 e. The SMILES string of the molecule is CCC(CC)(CN)C(=O)N1CCC(C)C1C.Cl. The zero-order valence-electron chi connectivity index (χ0n) is 11.5. The van der Waals surface area contributed by atoms with Crippen LogP contribution in [0, 0.1) is 11.3 Å². The Balaban J connectivity index is 0.00000256. The Morgan fingerprint density at radius 1 is 1.35 bits per heavy atom. The summed E-state index contributed by atoms with van der Waals surface area (Å²) in [6.45, 7) is 9.89. The van der Waals surface area contributed by atoms with E-state index in [0.29, 0.717) is 18.5 Å². The van der Waals surface area contributed by atoms with Crippen LogP contribution in [-0.4, -0.2) is 29.9 Å². The van der Waals surface area contributed by atoms with Crippen molar-refractivity contribution in [2.75, 3.05) is 13.1 Å². The number of nitrogens with zero attached hydrogens (tertiary/aromatic N) is 1. The quantitative estimate of drug-likeness (QED) is 0.846. The van der Waals surface area contributed by atoms with Gasteiger partial charge in [0, 0.05) is 19.1 Å². The molecule has 0 aliphatic carbocycles. The van der Waals surface area contributed by atoms with Crippen molar-refractivity contribution in [3.05, 3.63) is 0 Å². The van der Waals surface area contributed by atoms with Crippen molar-refractivity contribution in [3.63, 3.8) is 0 Å². The minimum absolute atomic E-state index is 0. The van der Waals surface area contributed by atoms with Crippen LogP contribution < -0.4 is 5.73 Å². The number of halogens is 1. The minimum Gasteiger partial charge on any atom is -0.339 e. The highest BCUT2D eigenvalue weighted by molar-refractivity contribution is 5.85. The van der Waals surface area contributed by atoms with E-state index in [9.17, 15) is 4.79 Å². The number of nitrogens with two attached hydrogens (primary N) is 1. The van der Waals surface area contributed by atoms with Gasteiger partial charge in [-0.2, -0.15) is 0 Å². The molecule has 0 bridgehead atoms. The second-order valence-electron chi connectivity index (χ2n) is 5.20. The van der Waals surface area contributed by atoms with Gasteiger partial charge in [-0.25, -0.2) is 0 Å². The summed E-state index contributed by atoms with van der Waals surface area (Å²) >= 11 is 0. The summed E-state index contributed by atoms with van der Waals surface area (Å²) in [5.74, 6) is 0.894. The molecule has 0 aromatic rings. The maximum Gasteiger partial charge on any atom is 0.230 e. The molecule has 0 spiro atoms. The van der Waals surface area contributed by atoms with Gasteiger partial charge in [-0.05, 0) is 32.1 Å². The lowest BCUT2D eigenvalue weighted by Gasteiger charge is -2.35. The Labute approximate surface area is 112 Å². The highest BCUT2D eigenvalue weighted by atomic mass is 35.5. The molecule has 2 atom stereocenters. The molecule has 2 N–H and O–H groups in total. The van der Waals surface area contributed by atoms with Crippen LogP contribution in [0.1, 0.15) is 47.0 Å². The number of likely N-dealkylation sites (tertiary alicyclic amines) is 1. The number of rotatable bonds is 4. The van der Waals surface area contributed by atoms with Crippen molar-refractivity contribution in [1.29, 1.82) is 0 Å². The van der Waals surface area contributed by atoms with Gasteiger partial charge in [0.25, 0.3) is 0 Å². The summed E-state index contributed by atoms with van der Waals surface area (Å²) in [6.07, 6.45) is 2.81. The smallest absolute Gasteiger partial charge is 0.230 e. The Morgan fingerprint density at radius 2 is 1.88 bits per heavy atom. The fourth-order valence-electron chi connectivity index (χ4n) is 2.61. The standard InChI is InChI=1S/C13H26N2O.ClH/c1-5-13(6-2,9-14)12(16)15-8-7-10(3)11(15)4;/h10-11H,5-9,14H2,1-4H3;1H. The molecule has 3 nitrogen and oxygen atoms in total. The third-order valence-corrected chi connectivity index (χ3v) is 4.60. The molecule has 0 aromatic carbocycles. The first-order valence-corrected chi connectivity index (χ1v) is 6.53. The predicted octanol–water partition coefficient (Wildman–Crippen LogP) is 2.43. The van der Waals surface area contributed by atoms with Gasteiger partial charge >= 0.3 is 0 Å². The van der Waals surface area contributed by atoms with Crippen LogP contribution >= 0.6 is 12.4 Å². The molecule has 2 unspecified atom stereocenters. The maximum absolute atomic E-state index is 12.6. The Hall–Kier alpha value is -0.280. The van der Waals surface area contributed by atoms with Crippen LogP contribution in [0.25, 0.3) is 0 Å². The molecule has 1 aliphatic rings. The topological polar surface area (TPSA) is 46.3 Å². The average molecular weight is 263 g/mol. The first-order chi connectivity index (χ1) is 7.52. The van der Waals surface area contributed by atoms with E-state index < -0.39 is 0 Å². The number of hydrogen-bond acceptors (Lipinski definition) is 2. The summed E-state index contributed by atoms with van der Waals surface area (Å²) in [5, 5.41) is 0. The molecule has 1 fully saturated rings.